The lowest BCUT2D eigenvalue weighted by molar-refractivity contribution is 0.102. The van der Waals surface area contributed by atoms with Gasteiger partial charge in [0.1, 0.15) is 0 Å². The van der Waals surface area contributed by atoms with Crippen molar-refractivity contribution in [3.8, 4) is 0 Å². The first-order valence-electron chi connectivity index (χ1n) is 6.00. The number of nitrogens with zero attached hydrogens (tertiary/aromatic N) is 2. The average Bonchev–Trinajstić information content (AvgIpc) is 2.47. The Balaban J connectivity index is 1.90. The number of aromatic nitrogens is 2. The average molecular weight is 328 g/mol. The zero-order valence-corrected chi connectivity index (χ0v) is 12.0. The summed E-state index contributed by atoms with van der Waals surface area (Å²) in [5, 5.41) is 4.75. The molecule has 0 atom stereocenters. The highest BCUT2D eigenvalue weighted by Crippen LogP contribution is 2.21. The molecular weight excluding hydrogens is 318 g/mol. The first kappa shape index (κ1) is 12.7. The number of benzene rings is 2. The van der Waals surface area contributed by atoms with E-state index in [1.54, 1.807) is 24.5 Å². The molecule has 0 saturated carbocycles. The van der Waals surface area contributed by atoms with Crippen LogP contribution in [0.3, 0.4) is 0 Å². The number of rotatable bonds is 2. The van der Waals surface area contributed by atoms with Crippen molar-refractivity contribution in [3.63, 3.8) is 0 Å². The third kappa shape index (κ3) is 2.67. The quantitative estimate of drug-likeness (QED) is 0.781. The Morgan fingerprint density at radius 3 is 2.50 bits per heavy atom. The Hall–Kier alpha value is -2.27. The van der Waals surface area contributed by atoms with Crippen LogP contribution in [0.5, 0.6) is 0 Å². The van der Waals surface area contributed by atoms with Gasteiger partial charge in [-0.25, -0.2) is 9.97 Å². The van der Waals surface area contributed by atoms with Gasteiger partial charge in [0.2, 0.25) is 5.95 Å². The topological polar surface area (TPSA) is 54.9 Å². The van der Waals surface area contributed by atoms with Crippen molar-refractivity contribution < 1.29 is 4.79 Å². The highest BCUT2D eigenvalue weighted by atomic mass is 79.9. The molecule has 5 heteroatoms. The number of carbonyl (C=O) groups excluding carboxylic acids is 1. The molecule has 1 N–H and O–H groups in total. The van der Waals surface area contributed by atoms with Crippen LogP contribution in [-0.4, -0.2) is 15.9 Å². The first-order valence-corrected chi connectivity index (χ1v) is 6.79. The number of amides is 1. The van der Waals surface area contributed by atoms with Crippen molar-refractivity contribution in [2.75, 3.05) is 5.32 Å². The Labute approximate surface area is 124 Å². The van der Waals surface area contributed by atoms with Gasteiger partial charge in [-0.3, -0.25) is 10.1 Å². The molecule has 0 saturated heterocycles. The fourth-order valence-corrected chi connectivity index (χ4v) is 2.27. The summed E-state index contributed by atoms with van der Waals surface area (Å²) in [4.78, 5) is 20.1. The maximum atomic E-state index is 12.1. The number of hydrogen-bond acceptors (Lipinski definition) is 3. The van der Waals surface area contributed by atoms with Gasteiger partial charge in [0, 0.05) is 22.4 Å². The van der Waals surface area contributed by atoms with Crippen LogP contribution >= 0.6 is 15.9 Å². The summed E-state index contributed by atoms with van der Waals surface area (Å²) < 4.78 is 1.01. The first-order chi connectivity index (χ1) is 9.72. The number of hydrogen-bond donors (Lipinski definition) is 1. The molecular formula is C15H10BrN3O. The molecule has 4 nitrogen and oxygen atoms in total. The Kier molecular flexibility index (Phi) is 3.43. The van der Waals surface area contributed by atoms with Crippen molar-refractivity contribution in [2.24, 2.45) is 0 Å². The Bertz CT molecular complexity index is 774. The van der Waals surface area contributed by atoms with E-state index in [9.17, 15) is 4.79 Å². The molecule has 0 spiro atoms. The van der Waals surface area contributed by atoms with Gasteiger partial charge in [0.25, 0.3) is 5.91 Å². The summed E-state index contributed by atoms with van der Waals surface area (Å²) in [6.45, 7) is 0. The third-order valence-corrected chi connectivity index (χ3v) is 3.35. The molecule has 3 rings (SSSR count). The van der Waals surface area contributed by atoms with Gasteiger partial charge in [-0.05, 0) is 41.1 Å². The monoisotopic (exact) mass is 327 g/mol. The molecule has 1 heterocycles. The second-order valence-electron chi connectivity index (χ2n) is 4.23. The fraction of sp³-hybridized carbons (Fsp3) is 0. The van der Waals surface area contributed by atoms with E-state index >= 15 is 0 Å². The van der Waals surface area contributed by atoms with E-state index in [1.165, 1.54) is 0 Å². The molecule has 0 bridgehead atoms. The van der Waals surface area contributed by atoms with E-state index in [4.69, 9.17) is 0 Å². The van der Waals surface area contributed by atoms with Crippen LogP contribution in [0.15, 0.2) is 59.3 Å². The summed E-state index contributed by atoms with van der Waals surface area (Å²) in [5.74, 6) is 0.0782. The minimum absolute atomic E-state index is 0.221. The number of anilines is 1. The molecule has 0 aliphatic heterocycles. The predicted molar refractivity (Wildman–Crippen MR) is 81.6 cm³/mol. The Morgan fingerprint density at radius 1 is 1.00 bits per heavy atom. The number of nitrogens with one attached hydrogen (secondary N) is 1. The predicted octanol–water partition coefficient (Wildman–Crippen LogP) is 3.64. The molecule has 1 amide bonds. The molecule has 0 fully saturated rings. The zero-order valence-electron chi connectivity index (χ0n) is 10.4. The Morgan fingerprint density at radius 2 is 1.70 bits per heavy atom. The van der Waals surface area contributed by atoms with Gasteiger partial charge in [-0.15, -0.1) is 0 Å². The summed E-state index contributed by atoms with van der Waals surface area (Å²) in [5.41, 5.74) is 0.576. The van der Waals surface area contributed by atoms with Crippen LogP contribution < -0.4 is 5.32 Å². The van der Waals surface area contributed by atoms with Gasteiger partial charge in [-0.2, -0.15) is 0 Å². The molecule has 20 heavy (non-hydrogen) atoms. The van der Waals surface area contributed by atoms with E-state index in [2.05, 4.69) is 31.2 Å². The van der Waals surface area contributed by atoms with Gasteiger partial charge in [0.05, 0.1) is 0 Å². The third-order valence-electron chi connectivity index (χ3n) is 2.86. The van der Waals surface area contributed by atoms with E-state index in [0.717, 1.165) is 15.2 Å². The molecule has 0 unspecified atom stereocenters. The van der Waals surface area contributed by atoms with Gasteiger partial charge in [0.15, 0.2) is 0 Å². The summed E-state index contributed by atoms with van der Waals surface area (Å²) in [6, 6.07) is 13.2. The summed E-state index contributed by atoms with van der Waals surface area (Å²) >= 11 is 3.43. The summed E-state index contributed by atoms with van der Waals surface area (Å²) in [7, 11) is 0. The van der Waals surface area contributed by atoms with Gasteiger partial charge >= 0.3 is 0 Å². The van der Waals surface area contributed by atoms with Gasteiger partial charge < -0.3 is 0 Å². The van der Waals surface area contributed by atoms with Crippen molar-refractivity contribution in [1.82, 2.24) is 9.97 Å². The number of halogens is 1. The van der Waals surface area contributed by atoms with E-state index in [0.29, 0.717) is 11.5 Å². The zero-order chi connectivity index (χ0) is 13.9. The second-order valence-corrected chi connectivity index (χ2v) is 5.15. The van der Waals surface area contributed by atoms with Crippen molar-refractivity contribution in [3.05, 3.63) is 64.9 Å². The van der Waals surface area contributed by atoms with Crippen molar-refractivity contribution in [2.45, 2.75) is 0 Å². The highest BCUT2D eigenvalue weighted by Gasteiger charge is 2.08. The van der Waals surface area contributed by atoms with Crippen LogP contribution in [-0.2, 0) is 0 Å². The van der Waals surface area contributed by atoms with Crippen LogP contribution in [0, 0.1) is 0 Å². The molecule has 98 valence electrons. The maximum absolute atomic E-state index is 12.1. The standard InChI is InChI=1S/C15H10BrN3O/c16-13-5-4-10-8-12(3-2-11(10)9-13)14(20)19-15-17-6-1-7-18-15/h1-9H,(H,17,18,19,20). The van der Waals surface area contributed by atoms with Crippen molar-refractivity contribution in [1.29, 1.82) is 0 Å². The minimum Gasteiger partial charge on any atom is -0.290 e. The lowest BCUT2D eigenvalue weighted by atomic mass is 10.1. The molecule has 0 radical (unpaired) electrons. The number of fused-ring (bicyclic) bond motifs is 1. The number of carbonyl (C=O) groups is 1. The van der Waals surface area contributed by atoms with Crippen LogP contribution in [0.1, 0.15) is 10.4 Å². The van der Waals surface area contributed by atoms with Crippen LogP contribution in [0.2, 0.25) is 0 Å². The second kappa shape index (κ2) is 5.38. The lowest BCUT2D eigenvalue weighted by Crippen LogP contribution is -2.13. The highest BCUT2D eigenvalue weighted by molar-refractivity contribution is 9.10. The molecule has 2 aromatic carbocycles. The molecule has 0 aliphatic rings. The SMILES string of the molecule is O=C(Nc1ncccn1)c1ccc2cc(Br)ccc2c1. The van der Waals surface area contributed by atoms with E-state index in [1.807, 2.05) is 30.3 Å². The van der Waals surface area contributed by atoms with Crippen LogP contribution in [0.4, 0.5) is 5.95 Å². The van der Waals surface area contributed by atoms with E-state index in [-0.39, 0.29) is 5.91 Å². The molecule has 3 aromatic rings. The molecule has 1 aromatic heterocycles. The smallest absolute Gasteiger partial charge is 0.258 e. The largest absolute Gasteiger partial charge is 0.290 e. The van der Waals surface area contributed by atoms with Crippen molar-refractivity contribution >= 4 is 38.6 Å². The maximum Gasteiger partial charge on any atom is 0.258 e. The normalized spacial score (nSPS) is 10.4. The van der Waals surface area contributed by atoms with Gasteiger partial charge in [-0.1, -0.05) is 28.1 Å². The van der Waals surface area contributed by atoms with Crippen LogP contribution in [0.25, 0.3) is 10.8 Å². The molecule has 0 aliphatic carbocycles. The lowest BCUT2D eigenvalue weighted by Gasteiger charge is -2.05. The minimum atomic E-state index is -0.221. The fourth-order valence-electron chi connectivity index (χ4n) is 1.90. The van der Waals surface area contributed by atoms with E-state index < -0.39 is 0 Å². The summed E-state index contributed by atoms with van der Waals surface area (Å²) in [6.07, 6.45) is 3.17.